The second kappa shape index (κ2) is 5.74. The van der Waals surface area contributed by atoms with Crippen LogP contribution in [0.1, 0.15) is 23.4 Å². The van der Waals surface area contributed by atoms with E-state index in [1.165, 1.54) is 4.88 Å². The third-order valence-corrected chi connectivity index (χ3v) is 4.61. The Morgan fingerprint density at radius 1 is 1.33 bits per heavy atom. The molecular weight excluding hydrogens is 264 g/mol. The zero-order chi connectivity index (χ0) is 13.1. The number of nitrogens with two attached hydrogens (primary N) is 1. The van der Waals surface area contributed by atoms with Gasteiger partial charge in [0.25, 0.3) is 0 Å². The van der Waals surface area contributed by atoms with E-state index in [0.717, 1.165) is 16.3 Å². The third kappa shape index (κ3) is 2.53. The molecule has 0 saturated heterocycles. The highest BCUT2D eigenvalue weighted by atomic mass is 35.5. The zero-order valence-corrected chi connectivity index (χ0v) is 12.1. The lowest BCUT2D eigenvalue weighted by molar-refractivity contribution is 0.748. The van der Waals surface area contributed by atoms with Crippen molar-refractivity contribution in [2.24, 2.45) is 5.73 Å². The van der Waals surface area contributed by atoms with Crippen LogP contribution in [-0.2, 0) is 6.54 Å². The van der Waals surface area contributed by atoms with Crippen molar-refractivity contribution in [3.63, 3.8) is 0 Å². The fourth-order valence-corrected chi connectivity index (χ4v) is 3.08. The molecule has 0 aliphatic rings. The van der Waals surface area contributed by atoms with E-state index < -0.39 is 0 Å². The third-order valence-electron chi connectivity index (χ3n) is 3.21. The van der Waals surface area contributed by atoms with E-state index in [0.29, 0.717) is 12.6 Å². The van der Waals surface area contributed by atoms with Crippen LogP contribution >= 0.6 is 22.9 Å². The predicted octanol–water partition coefficient (Wildman–Crippen LogP) is 4.06. The lowest BCUT2D eigenvalue weighted by Gasteiger charge is -2.28. The maximum Gasteiger partial charge on any atom is 0.0603 e. The number of hydrogen-bond acceptors (Lipinski definition) is 3. The van der Waals surface area contributed by atoms with Gasteiger partial charge in [0.2, 0.25) is 0 Å². The molecule has 1 unspecified atom stereocenters. The van der Waals surface area contributed by atoms with E-state index in [9.17, 15) is 0 Å². The highest BCUT2D eigenvalue weighted by molar-refractivity contribution is 7.10. The number of thiophene rings is 1. The van der Waals surface area contributed by atoms with Crippen molar-refractivity contribution in [3.8, 4) is 0 Å². The van der Waals surface area contributed by atoms with Crippen LogP contribution in [0, 0.1) is 0 Å². The first-order valence-electron chi connectivity index (χ1n) is 5.89. The summed E-state index contributed by atoms with van der Waals surface area (Å²) in [4.78, 5) is 3.56. The minimum atomic E-state index is 0.314. The minimum absolute atomic E-state index is 0.314. The second-order valence-electron chi connectivity index (χ2n) is 4.24. The molecule has 0 aliphatic heterocycles. The summed E-state index contributed by atoms with van der Waals surface area (Å²) in [6.45, 7) is 2.64. The molecule has 2 N–H and O–H groups in total. The summed E-state index contributed by atoms with van der Waals surface area (Å²) in [7, 11) is 2.08. The van der Waals surface area contributed by atoms with E-state index in [2.05, 4.69) is 42.5 Å². The Morgan fingerprint density at radius 3 is 2.72 bits per heavy atom. The molecule has 0 radical (unpaired) electrons. The van der Waals surface area contributed by atoms with Crippen LogP contribution in [0.25, 0.3) is 0 Å². The first kappa shape index (κ1) is 13.4. The molecule has 0 bridgehead atoms. The van der Waals surface area contributed by atoms with Crippen LogP contribution in [0.5, 0.6) is 0 Å². The molecule has 96 valence electrons. The zero-order valence-electron chi connectivity index (χ0n) is 10.6. The fraction of sp³-hybridized carbons (Fsp3) is 0.286. The van der Waals surface area contributed by atoms with Crippen LogP contribution in [0.4, 0.5) is 5.69 Å². The first-order valence-corrected chi connectivity index (χ1v) is 7.14. The van der Waals surface area contributed by atoms with Crippen molar-refractivity contribution in [2.75, 3.05) is 11.9 Å². The fourth-order valence-electron chi connectivity index (χ4n) is 2.01. The Hall–Kier alpha value is -1.03. The standard InChI is InChI=1S/C14H17ClN2S/c1-10(14-7-4-8-18-14)17(2)13-6-3-5-12(15)11(13)9-16/h3-8,10H,9,16H2,1-2H3. The Bertz CT molecular complexity index is 511. The second-order valence-corrected chi connectivity index (χ2v) is 5.63. The molecule has 1 aromatic heterocycles. The van der Waals surface area contributed by atoms with Crippen LogP contribution in [-0.4, -0.2) is 7.05 Å². The lowest BCUT2D eigenvalue weighted by Crippen LogP contribution is -2.22. The lowest BCUT2D eigenvalue weighted by atomic mass is 10.1. The largest absolute Gasteiger partial charge is 0.367 e. The van der Waals surface area contributed by atoms with Crippen LogP contribution in [0.3, 0.4) is 0 Å². The van der Waals surface area contributed by atoms with Crippen molar-refractivity contribution >= 4 is 28.6 Å². The van der Waals surface area contributed by atoms with Crippen molar-refractivity contribution in [1.29, 1.82) is 0 Å². The normalized spacial score (nSPS) is 12.4. The van der Waals surface area contributed by atoms with Crippen molar-refractivity contribution in [3.05, 3.63) is 51.2 Å². The molecule has 1 aromatic carbocycles. The van der Waals surface area contributed by atoms with E-state index in [1.54, 1.807) is 11.3 Å². The molecule has 0 spiro atoms. The van der Waals surface area contributed by atoms with Crippen LogP contribution < -0.4 is 10.6 Å². The molecular formula is C14H17ClN2S. The van der Waals surface area contributed by atoms with E-state index in [4.69, 9.17) is 17.3 Å². The average molecular weight is 281 g/mol. The smallest absolute Gasteiger partial charge is 0.0603 e. The molecule has 1 heterocycles. The number of halogens is 1. The molecule has 18 heavy (non-hydrogen) atoms. The molecule has 2 rings (SSSR count). The van der Waals surface area contributed by atoms with Gasteiger partial charge in [-0.2, -0.15) is 0 Å². The van der Waals surface area contributed by atoms with Gasteiger partial charge in [-0.3, -0.25) is 0 Å². The van der Waals surface area contributed by atoms with Gasteiger partial charge in [-0.1, -0.05) is 23.7 Å². The van der Waals surface area contributed by atoms with Gasteiger partial charge in [-0.05, 0) is 30.5 Å². The van der Waals surface area contributed by atoms with E-state index >= 15 is 0 Å². The SMILES string of the molecule is CC(c1cccs1)N(C)c1cccc(Cl)c1CN. The summed E-state index contributed by atoms with van der Waals surface area (Å²) in [6, 6.07) is 10.5. The Morgan fingerprint density at radius 2 is 2.11 bits per heavy atom. The van der Waals surface area contributed by atoms with Crippen molar-refractivity contribution in [2.45, 2.75) is 19.5 Å². The number of hydrogen-bond donors (Lipinski definition) is 1. The van der Waals surface area contributed by atoms with Gasteiger partial charge in [0.1, 0.15) is 0 Å². The summed E-state index contributed by atoms with van der Waals surface area (Å²) in [5, 5.41) is 2.84. The van der Waals surface area contributed by atoms with Gasteiger partial charge in [0.15, 0.2) is 0 Å². The molecule has 0 aliphatic carbocycles. The number of anilines is 1. The highest BCUT2D eigenvalue weighted by Crippen LogP contribution is 2.33. The molecule has 2 nitrogen and oxygen atoms in total. The molecule has 2 aromatic rings. The monoisotopic (exact) mass is 280 g/mol. The van der Waals surface area contributed by atoms with E-state index in [1.807, 2.05) is 12.1 Å². The van der Waals surface area contributed by atoms with Gasteiger partial charge in [-0.15, -0.1) is 11.3 Å². The number of rotatable bonds is 4. The van der Waals surface area contributed by atoms with Crippen molar-refractivity contribution < 1.29 is 0 Å². The maximum atomic E-state index is 6.20. The molecule has 0 amide bonds. The van der Waals surface area contributed by atoms with Crippen molar-refractivity contribution in [1.82, 2.24) is 0 Å². The van der Waals surface area contributed by atoms with E-state index in [-0.39, 0.29) is 0 Å². The Labute approximate surface area is 117 Å². The van der Waals surface area contributed by atoms with Gasteiger partial charge in [0.05, 0.1) is 6.04 Å². The Balaban J connectivity index is 2.34. The van der Waals surface area contributed by atoms with Gasteiger partial charge in [-0.25, -0.2) is 0 Å². The Kier molecular flexibility index (Phi) is 4.27. The summed E-state index contributed by atoms with van der Waals surface area (Å²) < 4.78 is 0. The topological polar surface area (TPSA) is 29.3 Å². The quantitative estimate of drug-likeness (QED) is 0.915. The molecule has 0 fully saturated rings. The van der Waals surface area contributed by atoms with Crippen LogP contribution in [0.15, 0.2) is 35.7 Å². The average Bonchev–Trinajstić information content (AvgIpc) is 2.90. The maximum absolute atomic E-state index is 6.20. The predicted molar refractivity (Wildman–Crippen MR) is 80.5 cm³/mol. The summed E-state index contributed by atoms with van der Waals surface area (Å²) in [6.07, 6.45) is 0. The summed E-state index contributed by atoms with van der Waals surface area (Å²) in [5.74, 6) is 0. The highest BCUT2D eigenvalue weighted by Gasteiger charge is 2.16. The molecule has 0 saturated carbocycles. The van der Waals surface area contributed by atoms with Gasteiger partial charge >= 0.3 is 0 Å². The summed E-state index contributed by atoms with van der Waals surface area (Å²) >= 11 is 7.96. The number of nitrogens with zero attached hydrogens (tertiary/aromatic N) is 1. The van der Waals surface area contributed by atoms with Crippen LogP contribution in [0.2, 0.25) is 5.02 Å². The summed E-state index contributed by atoms with van der Waals surface area (Å²) in [5.41, 5.74) is 7.91. The minimum Gasteiger partial charge on any atom is -0.367 e. The molecule has 4 heteroatoms. The van der Waals surface area contributed by atoms with Gasteiger partial charge < -0.3 is 10.6 Å². The van der Waals surface area contributed by atoms with Gasteiger partial charge in [0, 0.05) is 34.7 Å². The first-order chi connectivity index (χ1) is 8.65. The number of benzene rings is 1. The molecule has 1 atom stereocenters.